The number of amides is 1. The van der Waals surface area contributed by atoms with Gasteiger partial charge in [-0.1, -0.05) is 6.92 Å². The monoisotopic (exact) mass is 288 g/mol. The molecule has 1 amide bonds. The quantitative estimate of drug-likeness (QED) is 0.940. The molecule has 2 rings (SSSR count). The van der Waals surface area contributed by atoms with Crippen molar-refractivity contribution in [3.63, 3.8) is 0 Å². The Bertz CT molecular complexity index is 722. The lowest BCUT2D eigenvalue weighted by atomic mass is 10.1. The molecule has 0 spiro atoms. The molecule has 21 heavy (non-hydrogen) atoms. The van der Waals surface area contributed by atoms with Gasteiger partial charge in [-0.05, 0) is 43.2 Å². The van der Waals surface area contributed by atoms with E-state index in [2.05, 4.69) is 5.32 Å². The van der Waals surface area contributed by atoms with Gasteiger partial charge in [0.15, 0.2) is 0 Å². The van der Waals surface area contributed by atoms with E-state index in [9.17, 15) is 14.0 Å². The van der Waals surface area contributed by atoms with Gasteiger partial charge in [-0.25, -0.2) is 4.39 Å². The van der Waals surface area contributed by atoms with Crippen molar-refractivity contribution in [1.82, 2.24) is 4.57 Å². The highest BCUT2D eigenvalue weighted by Crippen LogP contribution is 2.13. The van der Waals surface area contributed by atoms with Gasteiger partial charge in [0.25, 0.3) is 11.5 Å². The second-order valence-electron chi connectivity index (χ2n) is 4.86. The number of aryl methyl sites for hydroxylation is 2. The van der Waals surface area contributed by atoms with Gasteiger partial charge in [0.2, 0.25) is 0 Å². The third-order valence-electron chi connectivity index (χ3n) is 3.14. The van der Waals surface area contributed by atoms with Crippen molar-refractivity contribution >= 4 is 11.6 Å². The Balaban J connectivity index is 2.23. The first-order valence-electron chi connectivity index (χ1n) is 6.79. The number of carbonyl (C=O) groups is 1. The van der Waals surface area contributed by atoms with E-state index in [-0.39, 0.29) is 17.3 Å². The fourth-order valence-electron chi connectivity index (χ4n) is 2.10. The second-order valence-corrected chi connectivity index (χ2v) is 4.86. The van der Waals surface area contributed by atoms with Gasteiger partial charge in [-0.15, -0.1) is 0 Å². The zero-order valence-corrected chi connectivity index (χ0v) is 12.0. The Hall–Kier alpha value is -2.43. The summed E-state index contributed by atoms with van der Waals surface area (Å²) in [5.74, 6) is -0.699. The maximum atomic E-state index is 13.1. The number of nitrogens with zero attached hydrogens (tertiary/aromatic N) is 1. The van der Waals surface area contributed by atoms with E-state index >= 15 is 0 Å². The molecule has 1 aromatic heterocycles. The topological polar surface area (TPSA) is 51.1 Å². The number of nitrogens with one attached hydrogen (secondary N) is 1. The largest absolute Gasteiger partial charge is 0.321 e. The zero-order valence-electron chi connectivity index (χ0n) is 12.0. The molecule has 0 saturated carbocycles. The lowest BCUT2D eigenvalue weighted by Gasteiger charge is -2.10. The van der Waals surface area contributed by atoms with Crippen LogP contribution in [0.4, 0.5) is 10.1 Å². The van der Waals surface area contributed by atoms with Crippen LogP contribution in [0.3, 0.4) is 0 Å². The van der Waals surface area contributed by atoms with Crippen LogP contribution in [0.15, 0.2) is 41.3 Å². The molecule has 1 aromatic carbocycles. The summed E-state index contributed by atoms with van der Waals surface area (Å²) in [6, 6.07) is 6.99. The number of anilines is 1. The van der Waals surface area contributed by atoms with Crippen LogP contribution in [0.1, 0.15) is 29.3 Å². The molecule has 0 fully saturated rings. The molecule has 1 N–H and O–H groups in total. The van der Waals surface area contributed by atoms with Crippen LogP contribution < -0.4 is 10.9 Å². The first-order valence-corrected chi connectivity index (χ1v) is 6.79. The summed E-state index contributed by atoms with van der Waals surface area (Å²) in [5.41, 5.74) is 1.41. The summed E-state index contributed by atoms with van der Waals surface area (Å²) in [4.78, 5) is 23.8. The molecule has 110 valence electrons. The Morgan fingerprint density at radius 2 is 2.05 bits per heavy atom. The Labute approximate surface area is 122 Å². The summed E-state index contributed by atoms with van der Waals surface area (Å²) in [5, 5.41) is 2.72. The van der Waals surface area contributed by atoms with Gasteiger partial charge in [0.1, 0.15) is 5.82 Å². The molecular weight excluding hydrogens is 271 g/mol. The molecule has 2 aromatic rings. The van der Waals surface area contributed by atoms with E-state index in [0.29, 0.717) is 23.4 Å². The fourth-order valence-corrected chi connectivity index (χ4v) is 2.10. The SMILES string of the molecule is CCCn1cc(NC(=O)c2ccc(F)cc2C)ccc1=O. The standard InChI is InChI=1S/C16H17FN2O2/c1-3-8-19-10-13(5-7-15(19)20)18-16(21)14-6-4-12(17)9-11(14)2/h4-7,9-10H,3,8H2,1-2H3,(H,18,21). The van der Waals surface area contributed by atoms with Crippen LogP contribution >= 0.6 is 0 Å². The summed E-state index contributed by atoms with van der Waals surface area (Å²) in [7, 11) is 0. The summed E-state index contributed by atoms with van der Waals surface area (Å²) >= 11 is 0. The molecule has 0 bridgehead atoms. The van der Waals surface area contributed by atoms with Gasteiger partial charge >= 0.3 is 0 Å². The van der Waals surface area contributed by atoms with Gasteiger partial charge in [-0.2, -0.15) is 0 Å². The molecule has 0 aliphatic rings. The molecule has 0 saturated heterocycles. The highest BCUT2D eigenvalue weighted by Gasteiger charge is 2.10. The zero-order chi connectivity index (χ0) is 15.4. The van der Waals surface area contributed by atoms with Crippen molar-refractivity contribution in [3.8, 4) is 0 Å². The van der Waals surface area contributed by atoms with Gasteiger partial charge < -0.3 is 9.88 Å². The van der Waals surface area contributed by atoms with Gasteiger partial charge in [0, 0.05) is 24.4 Å². The van der Waals surface area contributed by atoms with E-state index in [1.807, 2.05) is 6.92 Å². The number of halogens is 1. The normalized spacial score (nSPS) is 10.4. The number of hydrogen-bond acceptors (Lipinski definition) is 2. The van der Waals surface area contributed by atoms with E-state index < -0.39 is 0 Å². The van der Waals surface area contributed by atoms with Crippen LogP contribution in [-0.2, 0) is 6.54 Å². The lowest BCUT2D eigenvalue weighted by Crippen LogP contribution is -2.20. The minimum Gasteiger partial charge on any atom is -0.321 e. The van der Waals surface area contributed by atoms with Gasteiger partial charge in [0.05, 0.1) is 5.69 Å². The molecule has 0 unspecified atom stereocenters. The number of carbonyl (C=O) groups excluding carboxylic acids is 1. The molecule has 4 nitrogen and oxygen atoms in total. The van der Waals surface area contributed by atoms with Crippen molar-refractivity contribution < 1.29 is 9.18 Å². The van der Waals surface area contributed by atoms with E-state index in [1.165, 1.54) is 24.3 Å². The van der Waals surface area contributed by atoms with Crippen LogP contribution in [-0.4, -0.2) is 10.5 Å². The third-order valence-corrected chi connectivity index (χ3v) is 3.14. The number of rotatable bonds is 4. The Morgan fingerprint density at radius 1 is 1.29 bits per heavy atom. The van der Waals surface area contributed by atoms with Crippen LogP contribution in [0.25, 0.3) is 0 Å². The van der Waals surface area contributed by atoms with Gasteiger partial charge in [-0.3, -0.25) is 9.59 Å². The maximum Gasteiger partial charge on any atom is 0.255 e. The molecule has 0 radical (unpaired) electrons. The summed E-state index contributed by atoms with van der Waals surface area (Å²) in [6.45, 7) is 4.24. The molecule has 1 heterocycles. The highest BCUT2D eigenvalue weighted by atomic mass is 19.1. The molecule has 0 aliphatic heterocycles. The van der Waals surface area contributed by atoms with E-state index in [0.717, 1.165) is 6.42 Å². The Kier molecular flexibility index (Phi) is 4.52. The molecule has 0 atom stereocenters. The summed E-state index contributed by atoms with van der Waals surface area (Å²) in [6.07, 6.45) is 2.44. The van der Waals surface area contributed by atoms with Crippen molar-refractivity contribution in [2.75, 3.05) is 5.32 Å². The third kappa shape index (κ3) is 3.56. The van der Waals surface area contributed by atoms with Crippen LogP contribution in [0.2, 0.25) is 0 Å². The first-order chi connectivity index (χ1) is 10.0. The lowest BCUT2D eigenvalue weighted by molar-refractivity contribution is 0.102. The molecule has 5 heteroatoms. The first kappa shape index (κ1) is 15.0. The molecular formula is C16H17FN2O2. The average molecular weight is 288 g/mol. The number of hydrogen-bond donors (Lipinski definition) is 1. The predicted octanol–water partition coefficient (Wildman–Crippen LogP) is 2.96. The van der Waals surface area contributed by atoms with Crippen LogP contribution in [0.5, 0.6) is 0 Å². The Morgan fingerprint density at radius 3 is 2.71 bits per heavy atom. The van der Waals surface area contributed by atoms with Crippen LogP contribution in [0, 0.1) is 12.7 Å². The van der Waals surface area contributed by atoms with Crippen molar-refractivity contribution in [3.05, 3.63) is 63.8 Å². The summed E-state index contributed by atoms with van der Waals surface area (Å²) < 4.78 is 14.6. The number of pyridine rings is 1. The number of aromatic nitrogens is 1. The highest BCUT2D eigenvalue weighted by molar-refractivity contribution is 6.05. The molecule has 0 aliphatic carbocycles. The second kappa shape index (κ2) is 6.35. The minimum absolute atomic E-state index is 0.104. The maximum absolute atomic E-state index is 13.1. The minimum atomic E-state index is -0.374. The van der Waals surface area contributed by atoms with E-state index in [1.54, 1.807) is 23.8 Å². The fraction of sp³-hybridized carbons (Fsp3) is 0.250. The number of benzene rings is 1. The van der Waals surface area contributed by atoms with E-state index in [4.69, 9.17) is 0 Å². The van der Waals surface area contributed by atoms with Crippen molar-refractivity contribution in [1.29, 1.82) is 0 Å². The van der Waals surface area contributed by atoms with Crippen molar-refractivity contribution in [2.45, 2.75) is 26.8 Å². The predicted molar refractivity (Wildman–Crippen MR) is 80.1 cm³/mol. The average Bonchev–Trinajstić information content (AvgIpc) is 2.42. The van der Waals surface area contributed by atoms with Crippen molar-refractivity contribution in [2.24, 2.45) is 0 Å². The smallest absolute Gasteiger partial charge is 0.255 e.